The van der Waals surface area contributed by atoms with E-state index >= 15 is 0 Å². The second kappa shape index (κ2) is 8.71. The summed E-state index contributed by atoms with van der Waals surface area (Å²) in [4.78, 5) is 25.2. The maximum Gasteiger partial charge on any atom is 0.234 e. The first kappa shape index (κ1) is 19.6. The molecule has 2 amide bonds. The first-order chi connectivity index (χ1) is 13.4. The van der Waals surface area contributed by atoms with Gasteiger partial charge in [0.05, 0.1) is 5.75 Å². The minimum Gasteiger partial charge on any atom is -0.325 e. The van der Waals surface area contributed by atoms with E-state index < -0.39 is 0 Å². The topological polar surface area (TPSA) is 80.1 Å². The molecule has 0 bridgehead atoms. The van der Waals surface area contributed by atoms with Crippen molar-refractivity contribution in [2.45, 2.75) is 19.0 Å². The summed E-state index contributed by atoms with van der Waals surface area (Å²) in [6, 6.07) is 15.1. The molecule has 0 unspecified atom stereocenters. The molecule has 28 heavy (non-hydrogen) atoms. The van der Waals surface area contributed by atoms with E-state index in [0.29, 0.717) is 10.8 Å². The fourth-order valence-electron chi connectivity index (χ4n) is 2.48. The number of hydrogen-bond acceptors (Lipinski definition) is 5. The fraction of sp³-hybridized carbons (Fsp3) is 0.200. The molecule has 0 aliphatic carbocycles. The molecule has 1 N–H and O–H groups in total. The van der Waals surface area contributed by atoms with Gasteiger partial charge in [0.1, 0.15) is 6.33 Å². The van der Waals surface area contributed by atoms with Crippen LogP contribution in [-0.2, 0) is 9.59 Å². The second-order valence-corrected chi connectivity index (χ2v) is 7.22. The molecule has 3 rings (SSSR count). The van der Waals surface area contributed by atoms with Crippen LogP contribution in [0.5, 0.6) is 0 Å². The number of nitrogens with zero attached hydrogens (tertiary/aromatic N) is 4. The number of amides is 2. The standard InChI is InChI=1S/C20H21N5O2S/c1-14-4-8-18(9-5-14)25-13-21-23-20(25)28-12-19(27)22-16-6-10-17(11-7-16)24(3)15(2)26/h4-11,13H,12H2,1-3H3,(H,22,27). The largest absolute Gasteiger partial charge is 0.325 e. The van der Waals surface area contributed by atoms with Gasteiger partial charge in [-0.3, -0.25) is 14.2 Å². The number of rotatable bonds is 6. The monoisotopic (exact) mass is 395 g/mol. The average molecular weight is 395 g/mol. The third-order valence-corrected chi connectivity index (χ3v) is 5.11. The summed E-state index contributed by atoms with van der Waals surface area (Å²) in [7, 11) is 1.71. The molecular weight excluding hydrogens is 374 g/mol. The summed E-state index contributed by atoms with van der Waals surface area (Å²) >= 11 is 1.32. The van der Waals surface area contributed by atoms with Gasteiger partial charge >= 0.3 is 0 Å². The minimum absolute atomic E-state index is 0.0501. The first-order valence-corrected chi connectivity index (χ1v) is 9.66. The highest BCUT2D eigenvalue weighted by Crippen LogP contribution is 2.21. The Morgan fingerprint density at radius 2 is 1.79 bits per heavy atom. The van der Waals surface area contributed by atoms with Crippen LogP contribution in [0, 0.1) is 6.92 Å². The summed E-state index contributed by atoms with van der Waals surface area (Å²) in [5, 5.41) is 11.5. The molecule has 7 nitrogen and oxygen atoms in total. The highest BCUT2D eigenvalue weighted by Gasteiger charge is 2.11. The van der Waals surface area contributed by atoms with Crippen molar-refractivity contribution in [2.24, 2.45) is 0 Å². The maximum atomic E-state index is 12.3. The Kier molecular flexibility index (Phi) is 6.10. The average Bonchev–Trinajstić information content (AvgIpc) is 3.15. The molecule has 2 aromatic carbocycles. The Balaban J connectivity index is 1.59. The predicted molar refractivity (Wildman–Crippen MR) is 111 cm³/mol. The van der Waals surface area contributed by atoms with Gasteiger partial charge in [0.25, 0.3) is 0 Å². The molecule has 0 radical (unpaired) electrons. The van der Waals surface area contributed by atoms with Crippen LogP contribution in [0.2, 0.25) is 0 Å². The van der Waals surface area contributed by atoms with E-state index in [9.17, 15) is 9.59 Å². The Morgan fingerprint density at radius 1 is 1.11 bits per heavy atom. The van der Waals surface area contributed by atoms with Gasteiger partial charge in [-0.1, -0.05) is 29.5 Å². The van der Waals surface area contributed by atoms with Crippen LogP contribution in [-0.4, -0.2) is 39.4 Å². The molecule has 144 valence electrons. The van der Waals surface area contributed by atoms with Crippen LogP contribution in [0.15, 0.2) is 60.0 Å². The summed E-state index contributed by atoms with van der Waals surface area (Å²) in [5.74, 6) is 0.0154. The minimum atomic E-state index is -0.142. The van der Waals surface area contributed by atoms with E-state index in [1.165, 1.54) is 24.2 Å². The number of carbonyl (C=O) groups is 2. The van der Waals surface area contributed by atoms with E-state index in [4.69, 9.17) is 0 Å². The maximum absolute atomic E-state index is 12.3. The Hall–Kier alpha value is -3.13. The van der Waals surface area contributed by atoms with E-state index in [1.807, 2.05) is 35.8 Å². The van der Waals surface area contributed by atoms with E-state index in [0.717, 1.165) is 11.4 Å². The van der Waals surface area contributed by atoms with Crippen LogP contribution in [0.3, 0.4) is 0 Å². The zero-order valence-electron chi connectivity index (χ0n) is 15.9. The summed E-state index contributed by atoms with van der Waals surface area (Å²) in [6.07, 6.45) is 1.63. The lowest BCUT2D eigenvalue weighted by atomic mass is 10.2. The lowest BCUT2D eigenvalue weighted by Crippen LogP contribution is -2.22. The third-order valence-electron chi connectivity index (χ3n) is 4.17. The van der Waals surface area contributed by atoms with Crippen molar-refractivity contribution in [3.63, 3.8) is 0 Å². The van der Waals surface area contributed by atoms with Crippen molar-refractivity contribution in [3.8, 4) is 5.69 Å². The molecule has 0 aliphatic heterocycles. The summed E-state index contributed by atoms with van der Waals surface area (Å²) in [6.45, 7) is 3.53. The number of hydrogen-bond donors (Lipinski definition) is 1. The van der Waals surface area contributed by atoms with Crippen LogP contribution in [0.4, 0.5) is 11.4 Å². The number of benzene rings is 2. The molecule has 1 heterocycles. The van der Waals surface area contributed by atoms with Gasteiger partial charge in [-0.25, -0.2) is 0 Å². The number of aromatic nitrogens is 3. The highest BCUT2D eigenvalue weighted by atomic mass is 32.2. The number of aryl methyl sites for hydroxylation is 1. The number of thioether (sulfide) groups is 1. The SMILES string of the molecule is CC(=O)N(C)c1ccc(NC(=O)CSc2nncn2-c2ccc(C)cc2)cc1. The van der Waals surface area contributed by atoms with Gasteiger partial charge in [0.2, 0.25) is 11.8 Å². The van der Waals surface area contributed by atoms with Crippen LogP contribution >= 0.6 is 11.8 Å². The van der Waals surface area contributed by atoms with Crippen molar-refractivity contribution >= 4 is 35.0 Å². The summed E-state index contributed by atoms with van der Waals surface area (Å²) < 4.78 is 1.85. The number of carbonyl (C=O) groups excluding carboxylic acids is 2. The fourth-order valence-corrected chi connectivity index (χ4v) is 3.21. The molecule has 1 aromatic heterocycles. The van der Waals surface area contributed by atoms with Crippen molar-refractivity contribution in [1.29, 1.82) is 0 Å². The van der Waals surface area contributed by atoms with Gasteiger partial charge in [0, 0.05) is 31.0 Å². The zero-order valence-corrected chi connectivity index (χ0v) is 16.7. The van der Waals surface area contributed by atoms with Crippen LogP contribution in [0.1, 0.15) is 12.5 Å². The molecule has 3 aromatic rings. The quantitative estimate of drug-likeness (QED) is 0.648. The Labute approximate surface area is 167 Å². The normalized spacial score (nSPS) is 10.5. The second-order valence-electron chi connectivity index (χ2n) is 6.28. The van der Waals surface area contributed by atoms with Gasteiger partial charge in [-0.2, -0.15) is 0 Å². The van der Waals surface area contributed by atoms with Crippen molar-refractivity contribution in [3.05, 3.63) is 60.4 Å². The lowest BCUT2D eigenvalue weighted by Gasteiger charge is -2.15. The number of nitrogens with one attached hydrogen (secondary N) is 1. The third kappa shape index (κ3) is 4.77. The van der Waals surface area contributed by atoms with Gasteiger partial charge in [-0.15, -0.1) is 10.2 Å². The van der Waals surface area contributed by atoms with Gasteiger partial charge in [0.15, 0.2) is 5.16 Å². The molecule has 0 spiro atoms. The summed E-state index contributed by atoms with van der Waals surface area (Å²) in [5.41, 5.74) is 3.56. The number of anilines is 2. The Bertz CT molecular complexity index is 967. The molecule has 0 saturated carbocycles. The highest BCUT2D eigenvalue weighted by molar-refractivity contribution is 7.99. The van der Waals surface area contributed by atoms with Crippen LogP contribution in [0.25, 0.3) is 5.69 Å². The van der Waals surface area contributed by atoms with Crippen molar-refractivity contribution < 1.29 is 9.59 Å². The Morgan fingerprint density at radius 3 is 2.43 bits per heavy atom. The lowest BCUT2D eigenvalue weighted by molar-refractivity contribution is -0.116. The van der Waals surface area contributed by atoms with Crippen molar-refractivity contribution in [1.82, 2.24) is 14.8 Å². The zero-order chi connectivity index (χ0) is 20.1. The van der Waals surface area contributed by atoms with E-state index in [2.05, 4.69) is 15.5 Å². The van der Waals surface area contributed by atoms with Gasteiger partial charge < -0.3 is 10.2 Å². The predicted octanol–water partition coefficient (Wildman–Crippen LogP) is 3.29. The molecular formula is C20H21N5O2S. The molecule has 8 heteroatoms. The molecule has 0 atom stereocenters. The van der Waals surface area contributed by atoms with Crippen LogP contribution < -0.4 is 10.2 Å². The molecule has 0 aliphatic rings. The van der Waals surface area contributed by atoms with Crippen molar-refractivity contribution in [2.75, 3.05) is 23.0 Å². The molecule has 0 fully saturated rings. The van der Waals surface area contributed by atoms with E-state index in [-0.39, 0.29) is 17.6 Å². The van der Waals surface area contributed by atoms with E-state index in [1.54, 1.807) is 42.5 Å². The molecule has 0 saturated heterocycles. The smallest absolute Gasteiger partial charge is 0.234 e. The van der Waals surface area contributed by atoms with Gasteiger partial charge in [-0.05, 0) is 43.3 Å². The first-order valence-electron chi connectivity index (χ1n) is 8.68.